The molecule has 0 radical (unpaired) electrons. The van der Waals surface area contributed by atoms with Gasteiger partial charge in [0, 0.05) is 49.8 Å². The number of aryl methyl sites for hydroxylation is 1. The SMILES string of the molecule is CCCc1nc(CCN2CCN(C)CC2)sc1CS. The van der Waals surface area contributed by atoms with Crippen molar-refractivity contribution in [1.82, 2.24) is 14.8 Å². The summed E-state index contributed by atoms with van der Waals surface area (Å²) in [6.45, 7) is 8.15. The van der Waals surface area contributed by atoms with Crippen molar-refractivity contribution in [2.45, 2.75) is 31.9 Å². The summed E-state index contributed by atoms with van der Waals surface area (Å²) in [7, 11) is 2.20. The second-order valence-corrected chi connectivity index (χ2v) is 6.76. The zero-order valence-electron chi connectivity index (χ0n) is 12.1. The van der Waals surface area contributed by atoms with Gasteiger partial charge in [0.05, 0.1) is 10.7 Å². The third-order valence-corrected chi connectivity index (χ3v) is 5.38. The van der Waals surface area contributed by atoms with E-state index in [0.717, 1.165) is 25.1 Å². The van der Waals surface area contributed by atoms with E-state index >= 15 is 0 Å². The first kappa shape index (κ1) is 15.3. The van der Waals surface area contributed by atoms with Gasteiger partial charge in [-0.1, -0.05) is 13.3 Å². The lowest BCUT2D eigenvalue weighted by molar-refractivity contribution is 0.155. The quantitative estimate of drug-likeness (QED) is 0.814. The van der Waals surface area contributed by atoms with Crippen molar-refractivity contribution in [2.24, 2.45) is 0 Å². The molecule has 1 aromatic rings. The van der Waals surface area contributed by atoms with E-state index in [9.17, 15) is 0 Å². The molecule has 1 aliphatic heterocycles. The van der Waals surface area contributed by atoms with Crippen LogP contribution < -0.4 is 0 Å². The molecule has 1 aromatic heterocycles. The van der Waals surface area contributed by atoms with Crippen molar-refractivity contribution < 1.29 is 0 Å². The van der Waals surface area contributed by atoms with E-state index in [1.807, 2.05) is 11.3 Å². The minimum atomic E-state index is 0.835. The topological polar surface area (TPSA) is 19.4 Å². The Morgan fingerprint density at radius 2 is 1.95 bits per heavy atom. The Morgan fingerprint density at radius 3 is 2.58 bits per heavy atom. The Balaban J connectivity index is 1.85. The van der Waals surface area contributed by atoms with Crippen molar-refractivity contribution in [3.05, 3.63) is 15.6 Å². The molecule has 2 rings (SSSR count). The van der Waals surface area contributed by atoms with Crippen molar-refractivity contribution in [2.75, 3.05) is 39.8 Å². The molecule has 0 saturated carbocycles. The van der Waals surface area contributed by atoms with Gasteiger partial charge in [0.15, 0.2) is 0 Å². The highest BCUT2D eigenvalue weighted by molar-refractivity contribution is 7.79. The normalized spacial score (nSPS) is 18.1. The van der Waals surface area contributed by atoms with Crippen LogP contribution in [-0.2, 0) is 18.6 Å². The fraction of sp³-hybridized carbons (Fsp3) is 0.786. The van der Waals surface area contributed by atoms with Gasteiger partial charge in [-0.2, -0.15) is 12.6 Å². The fourth-order valence-electron chi connectivity index (χ4n) is 2.42. The van der Waals surface area contributed by atoms with Crippen LogP contribution >= 0.6 is 24.0 Å². The summed E-state index contributed by atoms with van der Waals surface area (Å²) in [4.78, 5) is 11.1. The number of likely N-dealkylation sites (N-methyl/N-ethyl adjacent to an activating group) is 1. The van der Waals surface area contributed by atoms with Crippen LogP contribution in [0.5, 0.6) is 0 Å². The summed E-state index contributed by atoms with van der Waals surface area (Å²) in [6.07, 6.45) is 3.36. The van der Waals surface area contributed by atoms with Gasteiger partial charge in [-0.05, 0) is 13.5 Å². The summed E-state index contributed by atoms with van der Waals surface area (Å²) < 4.78 is 0. The zero-order valence-corrected chi connectivity index (χ0v) is 13.8. The van der Waals surface area contributed by atoms with Gasteiger partial charge in [-0.25, -0.2) is 4.98 Å². The van der Waals surface area contributed by atoms with Crippen molar-refractivity contribution in [3.8, 4) is 0 Å². The Bertz CT molecular complexity index is 384. The molecule has 0 amide bonds. The molecule has 0 spiro atoms. The Hall–Kier alpha value is -0.100. The van der Waals surface area contributed by atoms with Gasteiger partial charge in [-0.3, -0.25) is 0 Å². The second-order valence-electron chi connectivity index (χ2n) is 5.28. The van der Waals surface area contributed by atoms with Gasteiger partial charge in [0.2, 0.25) is 0 Å². The van der Waals surface area contributed by atoms with Crippen LogP contribution in [0.15, 0.2) is 0 Å². The third kappa shape index (κ3) is 4.45. The van der Waals surface area contributed by atoms with E-state index in [1.165, 1.54) is 48.2 Å². The van der Waals surface area contributed by atoms with E-state index < -0.39 is 0 Å². The monoisotopic (exact) mass is 299 g/mol. The highest BCUT2D eigenvalue weighted by Gasteiger charge is 2.15. The van der Waals surface area contributed by atoms with Crippen molar-refractivity contribution in [1.29, 1.82) is 0 Å². The molecular formula is C14H25N3S2. The molecule has 2 heterocycles. The maximum Gasteiger partial charge on any atom is 0.0944 e. The average Bonchev–Trinajstić information content (AvgIpc) is 2.81. The second kappa shape index (κ2) is 7.62. The van der Waals surface area contributed by atoms with E-state index in [2.05, 4.69) is 36.4 Å². The predicted octanol–water partition coefficient (Wildman–Crippen LogP) is 2.32. The van der Waals surface area contributed by atoms with Gasteiger partial charge >= 0.3 is 0 Å². The van der Waals surface area contributed by atoms with E-state index in [-0.39, 0.29) is 0 Å². The van der Waals surface area contributed by atoms with Crippen LogP contribution in [0.2, 0.25) is 0 Å². The third-order valence-electron chi connectivity index (χ3n) is 3.69. The molecule has 1 saturated heterocycles. The molecule has 1 aliphatic rings. The lowest BCUT2D eigenvalue weighted by Crippen LogP contribution is -2.45. The number of hydrogen-bond acceptors (Lipinski definition) is 5. The number of piperazine rings is 1. The zero-order chi connectivity index (χ0) is 13.7. The largest absolute Gasteiger partial charge is 0.304 e. The number of thiol groups is 1. The van der Waals surface area contributed by atoms with Crippen LogP contribution in [-0.4, -0.2) is 54.6 Å². The number of thiazole rings is 1. The maximum atomic E-state index is 4.80. The van der Waals surface area contributed by atoms with Crippen LogP contribution in [0, 0.1) is 0 Å². The molecule has 0 aliphatic carbocycles. The van der Waals surface area contributed by atoms with Crippen LogP contribution in [0.4, 0.5) is 0 Å². The molecule has 3 nitrogen and oxygen atoms in total. The summed E-state index contributed by atoms with van der Waals surface area (Å²) in [5, 5.41) is 1.30. The highest BCUT2D eigenvalue weighted by Crippen LogP contribution is 2.22. The number of hydrogen-bond donors (Lipinski definition) is 1. The lowest BCUT2D eigenvalue weighted by atomic mass is 10.2. The van der Waals surface area contributed by atoms with E-state index in [1.54, 1.807) is 0 Å². The van der Waals surface area contributed by atoms with Crippen LogP contribution in [0.25, 0.3) is 0 Å². The molecule has 0 N–H and O–H groups in total. The van der Waals surface area contributed by atoms with Gasteiger partial charge in [0.25, 0.3) is 0 Å². The highest BCUT2D eigenvalue weighted by atomic mass is 32.1. The van der Waals surface area contributed by atoms with Gasteiger partial charge in [-0.15, -0.1) is 11.3 Å². The summed E-state index contributed by atoms with van der Waals surface area (Å²) in [5.41, 5.74) is 1.29. The summed E-state index contributed by atoms with van der Waals surface area (Å²) >= 11 is 6.28. The minimum absolute atomic E-state index is 0.835. The number of aromatic nitrogens is 1. The first-order valence-corrected chi connectivity index (χ1v) is 8.67. The smallest absolute Gasteiger partial charge is 0.0944 e. The lowest BCUT2D eigenvalue weighted by Gasteiger charge is -2.32. The molecule has 108 valence electrons. The molecule has 0 unspecified atom stereocenters. The van der Waals surface area contributed by atoms with Crippen LogP contribution in [0.1, 0.15) is 28.9 Å². The Morgan fingerprint density at radius 1 is 1.21 bits per heavy atom. The van der Waals surface area contributed by atoms with Crippen molar-refractivity contribution in [3.63, 3.8) is 0 Å². The maximum absolute atomic E-state index is 4.80. The Labute approximate surface area is 126 Å². The minimum Gasteiger partial charge on any atom is -0.304 e. The van der Waals surface area contributed by atoms with Gasteiger partial charge in [0.1, 0.15) is 0 Å². The number of nitrogens with zero attached hydrogens (tertiary/aromatic N) is 3. The fourth-order valence-corrected chi connectivity index (χ4v) is 3.76. The molecule has 0 aromatic carbocycles. The summed E-state index contributed by atoms with van der Waals surface area (Å²) in [5.74, 6) is 0.835. The summed E-state index contributed by atoms with van der Waals surface area (Å²) in [6, 6.07) is 0. The van der Waals surface area contributed by atoms with Crippen LogP contribution in [0.3, 0.4) is 0 Å². The van der Waals surface area contributed by atoms with E-state index in [4.69, 9.17) is 4.98 Å². The molecule has 1 fully saturated rings. The standard InChI is InChI=1S/C14H25N3S2/c1-3-4-12-13(11-18)19-14(15-12)5-6-17-9-7-16(2)8-10-17/h18H,3-11H2,1-2H3. The molecular weight excluding hydrogens is 274 g/mol. The first-order valence-electron chi connectivity index (χ1n) is 7.22. The predicted molar refractivity (Wildman–Crippen MR) is 86.4 cm³/mol. The molecule has 0 bridgehead atoms. The molecule has 0 atom stereocenters. The number of rotatable bonds is 6. The van der Waals surface area contributed by atoms with E-state index in [0.29, 0.717) is 0 Å². The average molecular weight is 300 g/mol. The van der Waals surface area contributed by atoms with Gasteiger partial charge < -0.3 is 9.80 Å². The Kier molecular flexibility index (Phi) is 6.13. The first-order chi connectivity index (χ1) is 9.22. The molecule has 5 heteroatoms. The molecule has 19 heavy (non-hydrogen) atoms. The van der Waals surface area contributed by atoms with Crippen molar-refractivity contribution >= 4 is 24.0 Å².